The molecule has 0 fully saturated rings. The van der Waals surface area contributed by atoms with Crippen LogP contribution in [0.3, 0.4) is 0 Å². The normalized spacial score (nSPS) is 13.9. The Balaban J connectivity index is 1.44. The lowest BCUT2D eigenvalue weighted by Crippen LogP contribution is -2.32. The number of carbonyl (C=O) groups is 2. The lowest BCUT2D eigenvalue weighted by Gasteiger charge is -2.20. The van der Waals surface area contributed by atoms with Gasteiger partial charge in [-0.25, -0.2) is 4.79 Å². The molecule has 3 N–H and O–H groups in total. The molecule has 1 aliphatic heterocycles. The van der Waals surface area contributed by atoms with Crippen LogP contribution in [0.25, 0.3) is 0 Å². The Labute approximate surface area is 227 Å². The van der Waals surface area contributed by atoms with Crippen LogP contribution in [0.1, 0.15) is 72.0 Å². The van der Waals surface area contributed by atoms with Gasteiger partial charge in [0, 0.05) is 29.0 Å². The lowest BCUT2D eigenvalue weighted by molar-refractivity contribution is 0.0953. The van der Waals surface area contributed by atoms with Crippen molar-refractivity contribution in [3.8, 4) is 5.75 Å². The monoisotopic (exact) mass is 563 g/mol. The Morgan fingerprint density at radius 1 is 0.919 bits per heavy atom. The predicted molar refractivity (Wildman–Crippen MR) is 151 cm³/mol. The van der Waals surface area contributed by atoms with E-state index in [-0.39, 0.29) is 17.9 Å². The second kappa shape index (κ2) is 13.3. The lowest BCUT2D eigenvalue weighted by atomic mass is 9.88. The van der Waals surface area contributed by atoms with Crippen molar-refractivity contribution in [1.82, 2.24) is 10.6 Å². The quantitative estimate of drug-likeness (QED) is 0.232. The molecule has 3 amide bonds. The number of ether oxygens (including phenoxy) is 1. The maximum Gasteiger partial charge on any atom is 0.319 e. The van der Waals surface area contributed by atoms with Gasteiger partial charge in [0.15, 0.2) is 0 Å². The van der Waals surface area contributed by atoms with Crippen LogP contribution in [0.5, 0.6) is 5.75 Å². The summed E-state index contributed by atoms with van der Waals surface area (Å²) < 4.78 is 7.04. The number of amides is 3. The number of urea groups is 1. The van der Waals surface area contributed by atoms with E-state index in [1.54, 1.807) is 18.2 Å². The molecule has 1 unspecified atom stereocenters. The first-order valence-electron chi connectivity index (χ1n) is 13.0. The molecule has 0 spiro atoms. The summed E-state index contributed by atoms with van der Waals surface area (Å²) in [4.78, 5) is 25.8. The molecule has 7 heteroatoms. The van der Waals surface area contributed by atoms with Gasteiger partial charge in [-0.15, -0.1) is 0 Å². The molecule has 0 aliphatic carbocycles. The molecule has 0 radical (unpaired) electrons. The van der Waals surface area contributed by atoms with Crippen molar-refractivity contribution >= 4 is 33.6 Å². The van der Waals surface area contributed by atoms with Gasteiger partial charge < -0.3 is 20.7 Å². The second-order valence-corrected chi connectivity index (χ2v) is 10.2. The number of rotatable bonds is 10. The van der Waals surface area contributed by atoms with Crippen molar-refractivity contribution in [2.75, 3.05) is 18.4 Å². The summed E-state index contributed by atoms with van der Waals surface area (Å²) in [6, 6.07) is 20.9. The maximum absolute atomic E-state index is 13.3. The number of carbonyl (C=O) groups excluding carboxylic acids is 2. The van der Waals surface area contributed by atoms with Gasteiger partial charge in [-0.3, -0.25) is 4.79 Å². The number of fused-ring (bicyclic) bond motifs is 2. The van der Waals surface area contributed by atoms with E-state index in [0.29, 0.717) is 30.9 Å². The number of nitrogens with one attached hydrogen (secondary N) is 3. The summed E-state index contributed by atoms with van der Waals surface area (Å²) in [6.45, 7) is 3.67. The number of hydrogen-bond donors (Lipinski definition) is 3. The highest BCUT2D eigenvalue weighted by Gasteiger charge is 2.26. The van der Waals surface area contributed by atoms with E-state index in [2.05, 4.69) is 57.0 Å². The summed E-state index contributed by atoms with van der Waals surface area (Å²) in [6.07, 6.45) is 5.64. The number of anilines is 1. The molecule has 0 bridgehead atoms. The summed E-state index contributed by atoms with van der Waals surface area (Å²) in [7, 11) is 0. The minimum Gasteiger partial charge on any atom is -0.489 e. The average molecular weight is 565 g/mol. The van der Waals surface area contributed by atoms with Gasteiger partial charge in [-0.1, -0.05) is 84.9 Å². The Kier molecular flexibility index (Phi) is 9.60. The molecule has 6 nitrogen and oxygen atoms in total. The molecule has 0 saturated heterocycles. The summed E-state index contributed by atoms with van der Waals surface area (Å²) >= 11 is 3.58. The fraction of sp³-hybridized carbons (Fsp3) is 0.333. The molecule has 4 rings (SSSR count). The third kappa shape index (κ3) is 7.13. The van der Waals surface area contributed by atoms with Gasteiger partial charge in [-0.2, -0.15) is 0 Å². The van der Waals surface area contributed by atoms with E-state index in [1.165, 1.54) is 19.3 Å². The van der Waals surface area contributed by atoms with Crippen LogP contribution in [0.4, 0.5) is 10.5 Å². The van der Waals surface area contributed by atoms with E-state index in [9.17, 15) is 9.59 Å². The predicted octanol–water partition coefficient (Wildman–Crippen LogP) is 7.00. The number of halogens is 1. The fourth-order valence-corrected chi connectivity index (χ4v) is 5.03. The van der Waals surface area contributed by atoms with Gasteiger partial charge in [0.25, 0.3) is 5.91 Å². The minimum absolute atomic E-state index is 0.0775. The minimum atomic E-state index is -0.302. The molecule has 0 aromatic heterocycles. The average Bonchev–Trinajstić information content (AvgIpc) is 3.06. The molecular formula is C30H34BrN3O3. The van der Waals surface area contributed by atoms with Crippen molar-refractivity contribution in [3.05, 3.63) is 93.5 Å². The van der Waals surface area contributed by atoms with E-state index < -0.39 is 0 Å². The number of para-hydroxylation sites is 1. The number of unbranched alkanes of at least 4 members (excludes halogenated alkanes) is 4. The smallest absolute Gasteiger partial charge is 0.319 e. The van der Waals surface area contributed by atoms with Crippen LogP contribution in [0.15, 0.2) is 71.2 Å². The van der Waals surface area contributed by atoms with Crippen molar-refractivity contribution in [3.63, 3.8) is 0 Å². The highest BCUT2D eigenvalue weighted by molar-refractivity contribution is 9.10. The van der Waals surface area contributed by atoms with Gasteiger partial charge >= 0.3 is 6.03 Å². The third-order valence-electron chi connectivity index (χ3n) is 6.61. The van der Waals surface area contributed by atoms with Crippen LogP contribution in [-0.2, 0) is 6.61 Å². The second-order valence-electron chi connectivity index (χ2n) is 9.27. The van der Waals surface area contributed by atoms with Crippen LogP contribution in [-0.4, -0.2) is 25.0 Å². The molecule has 1 aliphatic rings. The van der Waals surface area contributed by atoms with Crippen LogP contribution >= 0.6 is 15.9 Å². The zero-order valence-corrected chi connectivity index (χ0v) is 22.8. The first kappa shape index (κ1) is 26.7. The standard InChI is InChI=1S/C30H34BrN3O3/c1-2-3-4-5-10-17-32-30(36)34-27-14-9-8-13-24(27)29(35)33-19-26-23-12-7-6-11-21(23)20-37-28-16-15-22(31)18-25(26)28/h6-9,11-16,18,26H,2-5,10,17,19-20H2,1H3,(H,33,35)(H2,32,34,36). The van der Waals surface area contributed by atoms with Crippen molar-refractivity contribution in [2.45, 2.75) is 51.6 Å². The van der Waals surface area contributed by atoms with Crippen molar-refractivity contribution in [2.24, 2.45) is 0 Å². The highest BCUT2D eigenvalue weighted by Crippen LogP contribution is 2.38. The molecule has 3 aromatic rings. The topological polar surface area (TPSA) is 79.5 Å². The zero-order chi connectivity index (χ0) is 26.0. The first-order chi connectivity index (χ1) is 18.1. The maximum atomic E-state index is 13.3. The van der Waals surface area contributed by atoms with E-state index in [1.807, 2.05) is 30.3 Å². The van der Waals surface area contributed by atoms with Gasteiger partial charge in [0.2, 0.25) is 0 Å². The number of benzene rings is 3. The first-order valence-corrected chi connectivity index (χ1v) is 13.8. The largest absolute Gasteiger partial charge is 0.489 e. The zero-order valence-electron chi connectivity index (χ0n) is 21.2. The number of hydrogen-bond acceptors (Lipinski definition) is 3. The summed E-state index contributed by atoms with van der Waals surface area (Å²) in [5, 5.41) is 8.84. The van der Waals surface area contributed by atoms with Crippen LogP contribution < -0.4 is 20.7 Å². The van der Waals surface area contributed by atoms with Crippen molar-refractivity contribution < 1.29 is 14.3 Å². The SMILES string of the molecule is CCCCCCCNC(=O)Nc1ccccc1C(=O)NCC1c2ccccc2COc2ccc(Br)cc21. The highest BCUT2D eigenvalue weighted by atomic mass is 79.9. The van der Waals surface area contributed by atoms with Crippen molar-refractivity contribution in [1.29, 1.82) is 0 Å². The van der Waals surface area contributed by atoms with E-state index in [0.717, 1.165) is 39.8 Å². The van der Waals surface area contributed by atoms with E-state index >= 15 is 0 Å². The Hall–Kier alpha value is -3.32. The Morgan fingerprint density at radius 2 is 1.70 bits per heavy atom. The molecule has 0 saturated carbocycles. The third-order valence-corrected chi connectivity index (χ3v) is 7.11. The Morgan fingerprint density at radius 3 is 2.57 bits per heavy atom. The fourth-order valence-electron chi connectivity index (χ4n) is 4.65. The molecule has 1 atom stereocenters. The van der Waals surface area contributed by atoms with Crippen LogP contribution in [0, 0.1) is 0 Å². The molecule has 194 valence electrons. The van der Waals surface area contributed by atoms with Gasteiger partial charge in [0.1, 0.15) is 12.4 Å². The van der Waals surface area contributed by atoms with Crippen LogP contribution in [0.2, 0.25) is 0 Å². The Bertz CT molecular complexity index is 1230. The molecule has 37 heavy (non-hydrogen) atoms. The summed E-state index contributed by atoms with van der Waals surface area (Å²) in [5.74, 6) is 0.494. The molecule has 3 aromatic carbocycles. The summed E-state index contributed by atoms with van der Waals surface area (Å²) in [5.41, 5.74) is 4.15. The van der Waals surface area contributed by atoms with E-state index in [4.69, 9.17) is 4.74 Å². The van der Waals surface area contributed by atoms with Gasteiger partial charge in [-0.05, 0) is 47.9 Å². The molecule has 1 heterocycles. The van der Waals surface area contributed by atoms with Gasteiger partial charge in [0.05, 0.1) is 11.3 Å². The molecular weight excluding hydrogens is 530 g/mol.